The molecule has 0 atom stereocenters. The van der Waals surface area contributed by atoms with Crippen LogP contribution < -0.4 is 50.8 Å². The average Bonchev–Trinajstić information content (AvgIpc) is 1.52. The molecule has 16 aromatic carbocycles. The highest BCUT2D eigenvalue weighted by atomic mass is 28.3. The summed E-state index contributed by atoms with van der Waals surface area (Å²) in [6, 6.07) is -42.1. The third-order valence-corrected chi connectivity index (χ3v) is 26.4. The number of ether oxygens (including phenoxy) is 1. The van der Waals surface area contributed by atoms with Crippen molar-refractivity contribution in [3.63, 3.8) is 0 Å². The molecule has 520 valence electrons. The van der Waals surface area contributed by atoms with E-state index in [1.807, 2.05) is 0 Å². The molecule has 0 unspecified atom stereocenters. The SMILES string of the molecule is [2H]c1c([2H])c([2H])c(-c2cnc(-n3c4ccccc4c4ccc(Oc5cccc(-n6[c-][n+](-c7c(-c8c([2H])c(-c9c([2H])c([2H])c([2H])c([2H])c9[2H])c([2H])c(-c9c([2H])c([2H])c([2H])c([2H])c9[2H])c8[2H])cccc7-c7c([2H])c([2H])c([2H])c([Si](c8c([2H])c([2H])c([2H])c([2H])c8[2H])(c8c([2H])c([2H])c([2H])c([2H])c8[2H])c8c([2H])c([2H])c([2H])c([2H])c8[2H])c7[2H])c7ccc([Si](c8c([2H])c([2H])c([2H])c([2H])c8[2H])(c8c([2H])c([2H])c([2H])c([2H])c8[2H])c8c([2H])c([2H])c([2H])c([2H])c8[2H])cc76)c5)cc43)cc2C([2H])([2H])[2H])c([2H])c1[2H]. The first-order chi connectivity index (χ1) is 77.3. The molecule has 0 bridgehead atoms. The van der Waals surface area contributed by atoms with Crippen LogP contribution in [0.1, 0.15) is 81.0 Å². The first kappa shape index (κ1) is 30.4. The van der Waals surface area contributed by atoms with Crippen LogP contribution in [0.4, 0.5) is 0 Å². The number of aromatic nitrogens is 4. The lowest BCUT2D eigenvalue weighted by Crippen LogP contribution is -2.74. The van der Waals surface area contributed by atoms with Crippen LogP contribution in [0.25, 0.3) is 106 Å². The molecule has 0 fully saturated rings. The molecule has 0 N–H and O–H groups in total. The third-order valence-electron chi connectivity index (χ3n) is 18.2. The molecule has 5 nitrogen and oxygen atoms in total. The van der Waals surface area contributed by atoms with Crippen molar-refractivity contribution in [3.8, 4) is 84.3 Å². The van der Waals surface area contributed by atoms with Gasteiger partial charge in [0.1, 0.15) is 17.3 Å². The van der Waals surface area contributed by atoms with Crippen molar-refractivity contribution in [1.29, 1.82) is 0 Å². The highest BCUT2D eigenvalue weighted by Gasteiger charge is 2.43. The zero-order valence-electron chi connectivity index (χ0n) is 111. The van der Waals surface area contributed by atoms with Gasteiger partial charge < -0.3 is 4.74 Å². The van der Waals surface area contributed by atoms with Gasteiger partial charge in [-0.3, -0.25) is 13.7 Å². The minimum atomic E-state index is -6.99. The zero-order valence-corrected chi connectivity index (χ0v) is 58.2. The van der Waals surface area contributed by atoms with Crippen molar-refractivity contribution in [2.24, 2.45) is 0 Å². The second kappa shape index (κ2) is 28.8. The molecule has 0 spiro atoms. The van der Waals surface area contributed by atoms with Gasteiger partial charge in [0.15, 0.2) is 16.1 Å². The molecule has 110 heavy (non-hydrogen) atoms. The molecule has 0 saturated heterocycles. The van der Waals surface area contributed by atoms with Crippen LogP contribution in [0, 0.1) is 13.2 Å². The minimum absolute atomic E-state index is 0.109. The maximum Gasteiger partial charge on any atom is 0.269 e. The Morgan fingerprint density at radius 3 is 1.36 bits per heavy atom. The molecular formula is C103H74N4OSi2. The summed E-state index contributed by atoms with van der Waals surface area (Å²) in [6.45, 7) is -3.11. The monoisotopic (exact) mass is 1490 g/mol. The molecule has 0 radical (unpaired) electrons. The molecule has 7 heteroatoms. The van der Waals surface area contributed by atoms with E-state index in [0.29, 0.717) is 16.3 Å². The lowest BCUT2D eigenvalue weighted by Gasteiger charge is -2.34. The number of rotatable bonds is 18. The van der Waals surface area contributed by atoms with Gasteiger partial charge >= 0.3 is 0 Å². The van der Waals surface area contributed by atoms with E-state index in [9.17, 15) is 48.0 Å². The van der Waals surface area contributed by atoms with Gasteiger partial charge in [-0.15, -0.1) is 0 Å². The smallest absolute Gasteiger partial charge is 0.269 e. The molecule has 0 aliphatic carbocycles. The molecule has 0 saturated carbocycles. The number of aryl methyl sites for hydroxylation is 1. The lowest BCUT2D eigenvalue weighted by atomic mass is 9.90. The Labute approximate surface area is 720 Å². The van der Waals surface area contributed by atoms with Crippen LogP contribution >= 0.6 is 0 Å². The predicted molar refractivity (Wildman–Crippen MR) is 461 cm³/mol. The number of para-hydroxylation sites is 2. The molecule has 3 heterocycles. The van der Waals surface area contributed by atoms with Crippen molar-refractivity contribution in [3.05, 3.63) is 441 Å². The van der Waals surface area contributed by atoms with E-state index in [1.54, 1.807) is 30.3 Å². The summed E-state index contributed by atoms with van der Waals surface area (Å²) in [5.41, 5.74) is -11.9. The summed E-state index contributed by atoms with van der Waals surface area (Å²) in [5.74, 6) is -0.496. The Kier molecular flexibility index (Phi) is 7.97. The van der Waals surface area contributed by atoms with E-state index in [1.165, 1.54) is 41.0 Å². The summed E-state index contributed by atoms with van der Waals surface area (Å²) in [7, 11) is -13.4. The molecular weight excluding hydrogens is 1370 g/mol. The highest BCUT2D eigenvalue weighted by Crippen LogP contribution is 2.41. The van der Waals surface area contributed by atoms with E-state index in [4.69, 9.17) is 32.2 Å². The average molecular weight is 1500 g/mol. The number of hydrogen-bond donors (Lipinski definition) is 0. The lowest BCUT2D eigenvalue weighted by molar-refractivity contribution is -0.571. The van der Waals surface area contributed by atoms with Gasteiger partial charge in [-0.1, -0.05) is 357 Å². The molecule has 0 aliphatic heterocycles. The predicted octanol–water partition coefficient (Wildman–Crippen LogP) is 19.4. The van der Waals surface area contributed by atoms with Crippen molar-refractivity contribution >= 4 is 90.5 Å². The number of fused-ring (bicyclic) bond motifs is 4. The van der Waals surface area contributed by atoms with Crippen molar-refractivity contribution in [2.45, 2.75) is 6.85 Å². The first-order valence-corrected chi connectivity index (χ1v) is 37.1. The van der Waals surface area contributed by atoms with Gasteiger partial charge in [-0.25, -0.2) is 4.98 Å². The quantitative estimate of drug-likeness (QED) is 0.0371. The molecule has 3 aromatic heterocycles. The molecule has 0 amide bonds. The van der Waals surface area contributed by atoms with E-state index in [-0.39, 0.29) is 34.1 Å². The Balaban J connectivity index is 1.04. The highest BCUT2D eigenvalue weighted by molar-refractivity contribution is 7.20. The Hall–Kier alpha value is -13.8. The van der Waals surface area contributed by atoms with Crippen LogP contribution in [0.5, 0.6) is 11.5 Å². The largest absolute Gasteiger partial charge is 0.458 e. The number of nitrogens with zero attached hydrogens (tertiary/aromatic N) is 4. The van der Waals surface area contributed by atoms with E-state index in [0.717, 1.165) is 57.8 Å². The van der Waals surface area contributed by atoms with Crippen molar-refractivity contribution in [2.75, 3.05) is 0 Å². The number of benzene rings is 16. The summed E-state index contributed by atoms with van der Waals surface area (Å²) in [4.78, 5) is 4.69. The van der Waals surface area contributed by atoms with Crippen molar-refractivity contribution < 1.29 is 84.7 Å². The summed E-state index contributed by atoms with van der Waals surface area (Å²) in [6.07, 6.45) is 4.20. The van der Waals surface area contributed by atoms with Gasteiger partial charge in [-0.05, 0) is 165 Å². The van der Waals surface area contributed by atoms with Gasteiger partial charge in [-0.2, -0.15) is 0 Å². The van der Waals surface area contributed by atoms with Gasteiger partial charge in [0.05, 0.1) is 105 Å². The second-order valence-corrected chi connectivity index (χ2v) is 31.2. The number of imidazole rings is 1. The van der Waals surface area contributed by atoms with Crippen LogP contribution in [0.2, 0.25) is 0 Å². The Morgan fingerprint density at radius 2 is 0.809 bits per heavy atom. The van der Waals surface area contributed by atoms with Crippen LogP contribution in [0.3, 0.4) is 0 Å². The maximum atomic E-state index is 11.5. The Morgan fingerprint density at radius 1 is 0.345 bits per heavy atom. The fourth-order valence-electron chi connectivity index (χ4n) is 13.6. The van der Waals surface area contributed by atoms with E-state index >= 15 is 0 Å². The maximum absolute atomic E-state index is 11.5. The minimum Gasteiger partial charge on any atom is -0.458 e. The van der Waals surface area contributed by atoms with Crippen molar-refractivity contribution in [1.82, 2.24) is 14.1 Å². The fourth-order valence-corrected chi connectivity index (χ4v) is 20.9. The normalized spacial score (nSPS) is 18.8. The van der Waals surface area contributed by atoms with Gasteiger partial charge in [0.2, 0.25) is 0 Å². The standard InChI is InChI=1S/C103H74N4OSi2/c1-74-64-102(104-72-97(74)77-38-15-4-16-39-77)107-98-59-30-29-56-95(98)96-62-60-84(70-100(96)107)108-83-42-32-41-82(69-83)105-73-106(99-63-61-92(71-101(99)105)110(88-49-23-8-24-50-88,89-51-25-9-26-52-89)90-53-27-10-28-54-90)103-93(57-33-58-94(103)81-66-79(75-34-11-2-12-35-75)65-80(67-81)76-36-13-3-14-37-76)78-40-31-55-91(68-78)109(85-43-17-5-18-44-85,86-45-19-6-20-46-86)87-47-21-7-22-48-87/h2-72H,1H3/i1D3,2D,3D,4D,5D,6D,7D,8D,9D,10D,11D,12D,13D,14D,15D,16D,17D,18D,19D,20D,21D,22D,23D,24D,25D,26D,27D,28D,31D,34D,35D,36D,37D,38D,39D,40D,43D,44D,45D,46D,47D,48D,49D,50D,51D,52D,53D,54D,55D,65D,66D,67D,68D. The first-order valence-electron chi connectivity index (χ1n) is 60.6. The van der Waals surface area contributed by atoms with Gasteiger partial charge in [0.25, 0.3) is 6.33 Å². The van der Waals surface area contributed by atoms with Gasteiger partial charge in [0, 0.05) is 32.7 Å². The van der Waals surface area contributed by atoms with Crippen LogP contribution in [0.15, 0.2) is 430 Å². The van der Waals surface area contributed by atoms with Crippen LogP contribution in [-0.2, 0) is 0 Å². The number of pyridine rings is 1. The molecule has 0 aliphatic rings. The molecule has 19 aromatic rings. The topological polar surface area (TPSA) is 35.9 Å². The zero-order chi connectivity index (χ0) is 121. The summed E-state index contributed by atoms with van der Waals surface area (Å²) < 4.78 is 538. The summed E-state index contributed by atoms with van der Waals surface area (Å²) in [5, 5.41) is -8.57. The Bertz CT molecular complexity index is 9370. The molecule has 19 rings (SSSR count). The van der Waals surface area contributed by atoms with E-state index in [2.05, 4.69) is 11.3 Å². The second-order valence-electron chi connectivity index (χ2n) is 24.1. The fraction of sp³-hybridized carbons (Fsp3) is 0.00971. The number of hydrogen-bond acceptors (Lipinski definition) is 2. The van der Waals surface area contributed by atoms with E-state index < -0.39 is 451 Å². The summed E-state index contributed by atoms with van der Waals surface area (Å²) >= 11 is 0. The third kappa shape index (κ3) is 11.9. The van der Waals surface area contributed by atoms with Crippen LogP contribution in [-0.4, -0.2) is 30.3 Å².